The van der Waals surface area contributed by atoms with Crippen LogP contribution in [0.2, 0.25) is 0 Å². The minimum Gasteiger partial charge on any atom is -0.460 e. The van der Waals surface area contributed by atoms with Crippen LogP contribution >= 0.6 is 0 Å². The molecule has 0 radical (unpaired) electrons. The highest BCUT2D eigenvalue weighted by Crippen LogP contribution is 2.08. The van der Waals surface area contributed by atoms with Crippen LogP contribution in [0, 0.1) is 5.92 Å². The molecule has 0 spiro atoms. The van der Waals surface area contributed by atoms with E-state index >= 15 is 0 Å². The lowest BCUT2D eigenvalue weighted by molar-refractivity contribution is -0.147. The molecule has 0 fully saturated rings. The van der Waals surface area contributed by atoms with Gasteiger partial charge in [0.05, 0.1) is 6.04 Å². The van der Waals surface area contributed by atoms with Gasteiger partial charge in [-0.25, -0.2) is 4.79 Å². The monoisotopic (exact) mass is 332 g/mol. The first-order valence-electron chi connectivity index (χ1n) is 8.27. The van der Waals surface area contributed by atoms with E-state index < -0.39 is 12.0 Å². The Morgan fingerprint density at radius 1 is 1.21 bits per heavy atom. The van der Waals surface area contributed by atoms with Crippen molar-refractivity contribution >= 4 is 11.9 Å². The average molecular weight is 332 g/mol. The summed E-state index contributed by atoms with van der Waals surface area (Å²) in [4.78, 5) is 24.8. The van der Waals surface area contributed by atoms with Crippen LogP contribution < -0.4 is 10.6 Å². The third-order valence-corrected chi connectivity index (χ3v) is 3.60. The van der Waals surface area contributed by atoms with E-state index in [-0.39, 0.29) is 18.6 Å². The first kappa shape index (κ1) is 19.9. The molecule has 0 saturated heterocycles. The first-order valence-corrected chi connectivity index (χ1v) is 8.27. The number of ether oxygens (including phenoxy) is 1. The van der Waals surface area contributed by atoms with E-state index in [0.717, 1.165) is 5.56 Å². The van der Waals surface area contributed by atoms with Crippen LogP contribution in [0.4, 0.5) is 0 Å². The van der Waals surface area contributed by atoms with Crippen molar-refractivity contribution in [3.63, 3.8) is 0 Å². The topological polar surface area (TPSA) is 67.4 Å². The van der Waals surface area contributed by atoms with E-state index in [0.29, 0.717) is 18.8 Å². The Kier molecular flexibility index (Phi) is 8.79. The fourth-order valence-electron chi connectivity index (χ4n) is 2.38. The lowest BCUT2D eigenvalue weighted by atomic mass is 10.0. The summed E-state index contributed by atoms with van der Waals surface area (Å²) >= 11 is 0. The molecule has 1 aromatic carbocycles. The molecule has 0 aliphatic carbocycles. The lowest BCUT2D eigenvalue weighted by Crippen LogP contribution is -2.51. The summed E-state index contributed by atoms with van der Waals surface area (Å²) in [5, 5.41) is 5.82. The van der Waals surface area contributed by atoms with E-state index in [2.05, 4.69) is 31.1 Å². The quantitative estimate of drug-likeness (QED) is 0.508. The van der Waals surface area contributed by atoms with Crippen LogP contribution in [0.15, 0.2) is 43.0 Å². The Bertz CT molecular complexity index is 529. The van der Waals surface area contributed by atoms with Gasteiger partial charge in [-0.2, -0.15) is 0 Å². The van der Waals surface area contributed by atoms with Crippen LogP contribution in [0.5, 0.6) is 0 Å². The molecule has 2 atom stereocenters. The SMILES string of the molecule is C=CCOC(=O)[C@H](Cc1ccccc1)NC(=O)[C@H](CC(C)C)NC. The van der Waals surface area contributed by atoms with Crippen molar-refractivity contribution in [3.8, 4) is 0 Å². The second-order valence-corrected chi connectivity index (χ2v) is 6.14. The van der Waals surface area contributed by atoms with Gasteiger partial charge in [-0.15, -0.1) is 0 Å². The van der Waals surface area contributed by atoms with Crippen LogP contribution in [0.25, 0.3) is 0 Å². The van der Waals surface area contributed by atoms with Crippen molar-refractivity contribution in [2.24, 2.45) is 5.92 Å². The van der Waals surface area contributed by atoms with Gasteiger partial charge in [0.1, 0.15) is 12.6 Å². The number of esters is 1. The summed E-state index contributed by atoms with van der Waals surface area (Å²) < 4.78 is 5.13. The molecule has 5 nitrogen and oxygen atoms in total. The summed E-state index contributed by atoms with van der Waals surface area (Å²) in [6.45, 7) is 7.77. The molecule has 1 amide bonds. The predicted molar refractivity (Wildman–Crippen MR) is 95.5 cm³/mol. The number of likely N-dealkylation sites (N-methyl/N-ethyl adjacent to an activating group) is 1. The van der Waals surface area contributed by atoms with Crippen LogP contribution in [0.3, 0.4) is 0 Å². The Hall–Kier alpha value is -2.14. The molecule has 0 aromatic heterocycles. The van der Waals surface area contributed by atoms with Gasteiger partial charge in [-0.3, -0.25) is 4.79 Å². The summed E-state index contributed by atoms with van der Waals surface area (Å²) in [7, 11) is 1.74. The molecule has 0 unspecified atom stereocenters. The molecule has 0 aliphatic heterocycles. The van der Waals surface area contributed by atoms with Crippen molar-refractivity contribution in [2.75, 3.05) is 13.7 Å². The average Bonchev–Trinajstić information content (AvgIpc) is 2.57. The second kappa shape index (κ2) is 10.6. The van der Waals surface area contributed by atoms with Crippen LogP contribution in [-0.2, 0) is 20.7 Å². The summed E-state index contributed by atoms with van der Waals surface area (Å²) in [6.07, 6.45) is 2.59. The number of benzene rings is 1. The zero-order chi connectivity index (χ0) is 17.9. The molecule has 5 heteroatoms. The number of hydrogen-bond acceptors (Lipinski definition) is 4. The van der Waals surface area contributed by atoms with Gasteiger partial charge in [-0.05, 0) is 24.9 Å². The van der Waals surface area contributed by atoms with Crippen molar-refractivity contribution in [3.05, 3.63) is 48.6 Å². The van der Waals surface area contributed by atoms with Gasteiger partial charge in [0, 0.05) is 6.42 Å². The maximum Gasteiger partial charge on any atom is 0.329 e. The van der Waals surface area contributed by atoms with Gasteiger partial charge in [0.25, 0.3) is 0 Å². The number of hydrogen-bond donors (Lipinski definition) is 2. The smallest absolute Gasteiger partial charge is 0.329 e. The predicted octanol–water partition coefficient (Wildman–Crippen LogP) is 2.08. The van der Waals surface area contributed by atoms with Crippen LogP contribution in [-0.4, -0.2) is 37.6 Å². The maximum absolute atomic E-state index is 12.5. The fraction of sp³-hybridized carbons (Fsp3) is 0.474. The molecule has 0 aliphatic rings. The number of carbonyl (C=O) groups is 2. The summed E-state index contributed by atoms with van der Waals surface area (Å²) in [5.74, 6) is -0.275. The van der Waals surface area contributed by atoms with E-state index in [1.54, 1.807) is 7.05 Å². The maximum atomic E-state index is 12.5. The molecule has 2 N–H and O–H groups in total. The zero-order valence-corrected chi connectivity index (χ0v) is 14.7. The minimum absolute atomic E-state index is 0.126. The highest BCUT2D eigenvalue weighted by atomic mass is 16.5. The standard InChI is InChI=1S/C19H28N2O3/c1-5-11-24-19(23)17(13-15-9-7-6-8-10-15)21-18(22)16(20-4)12-14(2)3/h5-10,14,16-17,20H,1,11-13H2,2-4H3,(H,21,22)/t16-,17-/m0/s1. The van der Waals surface area contributed by atoms with Crippen molar-refractivity contribution in [1.29, 1.82) is 0 Å². The van der Waals surface area contributed by atoms with E-state index in [9.17, 15) is 9.59 Å². The number of amides is 1. The highest BCUT2D eigenvalue weighted by Gasteiger charge is 2.26. The summed E-state index contributed by atoms with van der Waals surface area (Å²) in [5.41, 5.74) is 0.961. The van der Waals surface area contributed by atoms with E-state index in [1.165, 1.54) is 6.08 Å². The molecule has 0 heterocycles. The van der Waals surface area contributed by atoms with Gasteiger partial charge in [-0.1, -0.05) is 56.8 Å². The van der Waals surface area contributed by atoms with Crippen molar-refractivity contribution in [2.45, 2.75) is 38.8 Å². The van der Waals surface area contributed by atoms with E-state index in [4.69, 9.17) is 4.74 Å². The summed E-state index contributed by atoms with van der Waals surface area (Å²) in [6, 6.07) is 8.50. The van der Waals surface area contributed by atoms with Crippen molar-refractivity contribution < 1.29 is 14.3 Å². The third-order valence-electron chi connectivity index (χ3n) is 3.60. The Morgan fingerprint density at radius 2 is 1.88 bits per heavy atom. The van der Waals surface area contributed by atoms with Gasteiger partial charge in [0.2, 0.25) is 5.91 Å². The Morgan fingerprint density at radius 3 is 2.42 bits per heavy atom. The Balaban J connectivity index is 2.81. The zero-order valence-electron chi connectivity index (χ0n) is 14.7. The van der Waals surface area contributed by atoms with Crippen LogP contribution in [0.1, 0.15) is 25.8 Å². The largest absolute Gasteiger partial charge is 0.460 e. The highest BCUT2D eigenvalue weighted by molar-refractivity contribution is 5.87. The first-order chi connectivity index (χ1) is 11.5. The molecule has 1 rings (SSSR count). The molecule has 1 aromatic rings. The van der Waals surface area contributed by atoms with Gasteiger partial charge < -0.3 is 15.4 Å². The number of nitrogens with one attached hydrogen (secondary N) is 2. The van der Waals surface area contributed by atoms with Gasteiger partial charge in [0.15, 0.2) is 0 Å². The normalized spacial score (nSPS) is 13.2. The minimum atomic E-state index is -0.720. The molecular formula is C19H28N2O3. The van der Waals surface area contributed by atoms with Gasteiger partial charge >= 0.3 is 5.97 Å². The molecule has 0 bridgehead atoms. The molecule has 0 saturated carbocycles. The number of rotatable bonds is 10. The molecular weight excluding hydrogens is 304 g/mol. The number of carbonyl (C=O) groups excluding carboxylic acids is 2. The lowest BCUT2D eigenvalue weighted by Gasteiger charge is -2.22. The third kappa shape index (κ3) is 6.96. The molecule has 132 valence electrons. The Labute approximate surface area is 144 Å². The van der Waals surface area contributed by atoms with E-state index in [1.807, 2.05) is 30.3 Å². The molecule has 24 heavy (non-hydrogen) atoms. The second-order valence-electron chi connectivity index (χ2n) is 6.14. The van der Waals surface area contributed by atoms with Crippen molar-refractivity contribution in [1.82, 2.24) is 10.6 Å². The fourth-order valence-corrected chi connectivity index (χ4v) is 2.38.